The molecule has 3 nitrogen and oxygen atoms in total. The monoisotopic (exact) mass is 273 g/mol. The molecule has 1 saturated carbocycles. The maximum atomic E-state index is 13.0. The highest BCUT2D eigenvalue weighted by Gasteiger charge is 2.25. The van der Waals surface area contributed by atoms with Crippen molar-refractivity contribution in [1.29, 1.82) is 0 Å². The number of hydrogen-bond acceptors (Lipinski definition) is 2. The molecule has 0 aliphatic heterocycles. The van der Waals surface area contributed by atoms with Crippen molar-refractivity contribution in [2.24, 2.45) is 0 Å². The Morgan fingerprint density at radius 3 is 2.32 bits per heavy atom. The van der Waals surface area contributed by atoms with Gasteiger partial charge in [0.1, 0.15) is 0 Å². The largest absolute Gasteiger partial charge is 0.391 e. The van der Waals surface area contributed by atoms with E-state index < -0.39 is 35.5 Å². The van der Waals surface area contributed by atoms with Crippen LogP contribution in [0.2, 0.25) is 0 Å². The maximum absolute atomic E-state index is 13.0. The summed E-state index contributed by atoms with van der Waals surface area (Å²) in [6.45, 7) is 0. The smallest absolute Gasteiger partial charge is 0.251 e. The van der Waals surface area contributed by atoms with Gasteiger partial charge in [0.2, 0.25) is 0 Å². The van der Waals surface area contributed by atoms with Crippen LogP contribution in [0.4, 0.5) is 13.2 Å². The van der Waals surface area contributed by atoms with E-state index in [4.69, 9.17) is 0 Å². The van der Waals surface area contributed by atoms with E-state index in [-0.39, 0.29) is 5.56 Å². The fourth-order valence-corrected chi connectivity index (χ4v) is 2.22. The van der Waals surface area contributed by atoms with Crippen LogP contribution in [0.3, 0.4) is 0 Å². The number of rotatable bonds is 2. The van der Waals surface area contributed by atoms with Crippen LogP contribution in [-0.2, 0) is 0 Å². The van der Waals surface area contributed by atoms with E-state index >= 15 is 0 Å². The molecule has 0 bridgehead atoms. The lowest BCUT2D eigenvalue weighted by atomic mass is 9.92. The van der Waals surface area contributed by atoms with Crippen LogP contribution < -0.4 is 5.32 Å². The number of carbonyl (C=O) groups is 1. The zero-order valence-electron chi connectivity index (χ0n) is 10.1. The van der Waals surface area contributed by atoms with E-state index in [9.17, 15) is 23.1 Å². The Balaban J connectivity index is 2.11. The second-order valence-electron chi connectivity index (χ2n) is 4.69. The maximum Gasteiger partial charge on any atom is 0.251 e. The summed E-state index contributed by atoms with van der Waals surface area (Å²) in [6, 6.07) is 0.851. The van der Waals surface area contributed by atoms with Gasteiger partial charge in [0.25, 0.3) is 5.91 Å². The van der Waals surface area contributed by atoms with Gasteiger partial charge in [-0.2, -0.15) is 0 Å². The minimum absolute atomic E-state index is 0.297. The average Bonchev–Trinajstić information content (AvgIpc) is 2.38. The number of benzene rings is 1. The number of hydrogen-bond donors (Lipinski definition) is 2. The molecule has 0 radical (unpaired) electrons. The van der Waals surface area contributed by atoms with Gasteiger partial charge >= 0.3 is 0 Å². The third-order valence-electron chi connectivity index (χ3n) is 3.29. The summed E-state index contributed by atoms with van der Waals surface area (Å²) < 4.78 is 38.8. The van der Waals surface area contributed by atoms with E-state index in [0.717, 1.165) is 12.8 Å². The number of amides is 1. The van der Waals surface area contributed by atoms with Crippen molar-refractivity contribution in [2.45, 2.75) is 37.8 Å². The standard InChI is InChI=1S/C13H14F3NO2/c14-8-5-7(6-9(15)12(8)16)13(19)17-10-3-1-2-4-11(10)18/h5-6,10-11,18H,1-4H2,(H,17,19)/t10-,11-/m0/s1. The van der Waals surface area contributed by atoms with Gasteiger partial charge in [-0.05, 0) is 25.0 Å². The topological polar surface area (TPSA) is 49.3 Å². The summed E-state index contributed by atoms with van der Waals surface area (Å²) >= 11 is 0. The molecule has 0 unspecified atom stereocenters. The molecule has 19 heavy (non-hydrogen) atoms. The quantitative estimate of drug-likeness (QED) is 0.811. The van der Waals surface area contributed by atoms with Gasteiger partial charge in [-0.1, -0.05) is 12.8 Å². The molecule has 2 atom stereocenters. The van der Waals surface area contributed by atoms with Crippen LogP contribution in [-0.4, -0.2) is 23.2 Å². The first-order chi connectivity index (χ1) is 8.99. The Hall–Kier alpha value is -1.56. The van der Waals surface area contributed by atoms with E-state index in [1.165, 1.54) is 0 Å². The van der Waals surface area contributed by atoms with Crippen molar-refractivity contribution in [2.75, 3.05) is 0 Å². The molecule has 2 N–H and O–H groups in total. The van der Waals surface area contributed by atoms with E-state index in [1.807, 2.05) is 0 Å². The molecule has 0 heterocycles. The summed E-state index contributed by atoms with van der Waals surface area (Å²) in [5.41, 5.74) is -0.297. The predicted octanol–water partition coefficient (Wildman–Crippen LogP) is 2.14. The molecular weight excluding hydrogens is 259 g/mol. The van der Waals surface area contributed by atoms with Crippen LogP contribution >= 0.6 is 0 Å². The van der Waals surface area contributed by atoms with Crippen LogP contribution in [0.5, 0.6) is 0 Å². The van der Waals surface area contributed by atoms with Crippen molar-refractivity contribution < 1.29 is 23.1 Å². The SMILES string of the molecule is O=C(N[C@H]1CCCC[C@@H]1O)c1cc(F)c(F)c(F)c1. The second-order valence-corrected chi connectivity index (χ2v) is 4.69. The van der Waals surface area contributed by atoms with Gasteiger partial charge in [0, 0.05) is 5.56 Å². The molecule has 0 spiro atoms. The minimum Gasteiger partial charge on any atom is -0.391 e. The molecule has 2 rings (SSSR count). The first-order valence-electron chi connectivity index (χ1n) is 6.12. The fraction of sp³-hybridized carbons (Fsp3) is 0.462. The van der Waals surface area contributed by atoms with Crippen LogP contribution in [0, 0.1) is 17.5 Å². The molecule has 1 amide bonds. The molecule has 0 saturated heterocycles. The normalized spacial score (nSPS) is 23.2. The number of aliphatic hydroxyl groups is 1. The first kappa shape index (κ1) is 13.9. The zero-order valence-corrected chi connectivity index (χ0v) is 10.1. The Labute approximate surface area is 108 Å². The van der Waals surface area contributed by atoms with Crippen molar-refractivity contribution in [3.8, 4) is 0 Å². The lowest BCUT2D eigenvalue weighted by Crippen LogP contribution is -2.45. The fourth-order valence-electron chi connectivity index (χ4n) is 2.22. The highest BCUT2D eigenvalue weighted by atomic mass is 19.2. The molecule has 104 valence electrons. The van der Waals surface area contributed by atoms with Crippen molar-refractivity contribution in [3.05, 3.63) is 35.1 Å². The van der Waals surface area contributed by atoms with Gasteiger partial charge < -0.3 is 10.4 Å². The number of halogens is 3. The molecule has 1 aromatic carbocycles. The summed E-state index contributed by atoms with van der Waals surface area (Å²) in [5.74, 6) is -5.14. The van der Waals surface area contributed by atoms with Crippen LogP contribution in [0.1, 0.15) is 36.0 Å². The average molecular weight is 273 g/mol. The molecule has 6 heteroatoms. The summed E-state index contributed by atoms with van der Waals surface area (Å²) in [4.78, 5) is 11.8. The van der Waals surface area contributed by atoms with Gasteiger partial charge in [0.15, 0.2) is 17.5 Å². The minimum atomic E-state index is -1.60. The van der Waals surface area contributed by atoms with E-state index in [0.29, 0.717) is 25.0 Å². The highest BCUT2D eigenvalue weighted by molar-refractivity contribution is 5.94. The third kappa shape index (κ3) is 3.07. The summed E-state index contributed by atoms with van der Waals surface area (Å²) in [7, 11) is 0. The second kappa shape index (κ2) is 5.61. The summed E-state index contributed by atoms with van der Waals surface area (Å²) in [6.07, 6.45) is 2.28. The van der Waals surface area contributed by atoms with Gasteiger partial charge in [-0.15, -0.1) is 0 Å². The van der Waals surface area contributed by atoms with Crippen LogP contribution in [0.15, 0.2) is 12.1 Å². The summed E-state index contributed by atoms with van der Waals surface area (Å²) in [5, 5.41) is 12.2. The Bertz CT molecular complexity index is 470. The van der Waals surface area contributed by atoms with Gasteiger partial charge in [0.05, 0.1) is 12.1 Å². The zero-order chi connectivity index (χ0) is 14.0. The number of carbonyl (C=O) groups excluding carboxylic acids is 1. The molecule has 1 aliphatic rings. The molecule has 1 aliphatic carbocycles. The Morgan fingerprint density at radius 1 is 1.16 bits per heavy atom. The molecule has 1 fully saturated rings. The predicted molar refractivity (Wildman–Crippen MR) is 62.0 cm³/mol. The molecule has 0 aromatic heterocycles. The Kier molecular flexibility index (Phi) is 4.09. The van der Waals surface area contributed by atoms with Crippen molar-refractivity contribution in [1.82, 2.24) is 5.32 Å². The lowest BCUT2D eigenvalue weighted by Gasteiger charge is -2.28. The third-order valence-corrected chi connectivity index (χ3v) is 3.29. The lowest BCUT2D eigenvalue weighted by molar-refractivity contribution is 0.0716. The highest BCUT2D eigenvalue weighted by Crippen LogP contribution is 2.19. The van der Waals surface area contributed by atoms with Crippen LogP contribution in [0.25, 0.3) is 0 Å². The molecular formula is C13H14F3NO2. The van der Waals surface area contributed by atoms with E-state index in [1.54, 1.807) is 0 Å². The Morgan fingerprint density at radius 2 is 1.74 bits per heavy atom. The number of aliphatic hydroxyl groups excluding tert-OH is 1. The van der Waals surface area contributed by atoms with Gasteiger partial charge in [-0.3, -0.25) is 4.79 Å². The van der Waals surface area contributed by atoms with Gasteiger partial charge in [-0.25, -0.2) is 13.2 Å². The van der Waals surface area contributed by atoms with Crippen molar-refractivity contribution in [3.63, 3.8) is 0 Å². The van der Waals surface area contributed by atoms with E-state index in [2.05, 4.69) is 5.32 Å². The first-order valence-corrected chi connectivity index (χ1v) is 6.12. The molecule has 1 aromatic rings. The number of nitrogens with one attached hydrogen (secondary N) is 1. The van der Waals surface area contributed by atoms with Crippen molar-refractivity contribution >= 4 is 5.91 Å².